The van der Waals surface area contributed by atoms with E-state index in [0.29, 0.717) is 28.8 Å². The number of nitrogens with zero attached hydrogens (tertiary/aromatic N) is 4. The van der Waals surface area contributed by atoms with Crippen LogP contribution in [0.3, 0.4) is 0 Å². The third-order valence-electron chi connectivity index (χ3n) is 5.10. The molecule has 3 N–H and O–H groups in total. The van der Waals surface area contributed by atoms with Gasteiger partial charge in [-0.15, -0.1) is 5.10 Å². The minimum Gasteiger partial charge on any atom is -0.439 e. The van der Waals surface area contributed by atoms with Crippen LogP contribution in [0.25, 0.3) is 11.4 Å². The van der Waals surface area contributed by atoms with E-state index >= 15 is 0 Å². The van der Waals surface area contributed by atoms with Crippen LogP contribution in [-0.4, -0.2) is 43.3 Å². The third-order valence-corrected chi connectivity index (χ3v) is 5.10. The van der Waals surface area contributed by atoms with E-state index in [-0.39, 0.29) is 13.2 Å². The van der Waals surface area contributed by atoms with Crippen LogP contribution in [0.4, 0.5) is 0 Å². The first kappa shape index (κ1) is 19.5. The van der Waals surface area contributed by atoms with E-state index in [1.54, 1.807) is 24.3 Å². The lowest BCUT2D eigenvalue weighted by molar-refractivity contribution is 0.274. The highest BCUT2D eigenvalue weighted by molar-refractivity contribution is 5.58. The molecule has 8 heteroatoms. The minimum atomic E-state index is -0.127. The lowest BCUT2D eigenvalue weighted by atomic mass is 10.1. The van der Waals surface area contributed by atoms with Crippen LogP contribution < -0.4 is 10.1 Å². The largest absolute Gasteiger partial charge is 0.439 e. The number of aliphatic hydroxyl groups is 2. The summed E-state index contributed by atoms with van der Waals surface area (Å²) in [6, 6.07) is 11.1. The number of hydrogen-bond donors (Lipinski definition) is 3. The molecule has 0 spiro atoms. The molecular weight excluding hydrogens is 370 g/mol. The number of aromatic nitrogens is 4. The van der Waals surface area contributed by atoms with Crippen molar-refractivity contribution in [2.45, 2.75) is 39.0 Å². The molecule has 3 heterocycles. The monoisotopic (exact) mass is 395 g/mol. The van der Waals surface area contributed by atoms with Crippen LogP contribution >= 0.6 is 0 Å². The number of pyridine rings is 1. The highest BCUT2D eigenvalue weighted by Gasteiger charge is 2.22. The Morgan fingerprint density at radius 1 is 1.10 bits per heavy atom. The second kappa shape index (κ2) is 8.69. The number of hydrogen-bond acceptors (Lipinski definition) is 7. The van der Waals surface area contributed by atoms with Gasteiger partial charge in [0.1, 0.15) is 11.4 Å². The summed E-state index contributed by atoms with van der Waals surface area (Å²) < 4.78 is 7.92. The number of aliphatic hydroxyl groups excluding tert-OH is 2. The molecule has 2 aromatic heterocycles. The average molecular weight is 395 g/mol. The van der Waals surface area contributed by atoms with E-state index in [1.165, 1.54) is 0 Å². The van der Waals surface area contributed by atoms with Crippen molar-refractivity contribution in [3.63, 3.8) is 0 Å². The summed E-state index contributed by atoms with van der Waals surface area (Å²) in [6.45, 7) is 3.62. The Kier molecular flexibility index (Phi) is 5.84. The Morgan fingerprint density at radius 2 is 1.83 bits per heavy atom. The zero-order valence-electron chi connectivity index (χ0n) is 16.4. The molecule has 1 fully saturated rings. The van der Waals surface area contributed by atoms with Crippen molar-refractivity contribution < 1.29 is 14.9 Å². The van der Waals surface area contributed by atoms with Crippen LogP contribution in [-0.2, 0) is 13.2 Å². The van der Waals surface area contributed by atoms with Gasteiger partial charge in [-0.3, -0.25) is 0 Å². The maximum atomic E-state index is 9.43. The van der Waals surface area contributed by atoms with Gasteiger partial charge in [-0.1, -0.05) is 17.3 Å². The van der Waals surface area contributed by atoms with E-state index in [0.717, 1.165) is 43.0 Å². The molecule has 1 saturated heterocycles. The SMILES string of the molecule is Cc1nnn(C2CCNCC2)c1-c1cccc(Oc2cc(CO)cc(CO)c2)n1. The molecule has 3 aromatic rings. The van der Waals surface area contributed by atoms with E-state index in [1.807, 2.05) is 23.7 Å². The molecule has 1 aliphatic heterocycles. The van der Waals surface area contributed by atoms with Gasteiger partial charge in [-0.25, -0.2) is 9.67 Å². The molecule has 0 atom stereocenters. The van der Waals surface area contributed by atoms with Crippen LogP contribution in [0.2, 0.25) is 0 Å². The molecule has 0 bridgehead atoms. The van der Waals surface area contributed by atoms with Gasteiger partial charge in [0.15, 0.2) is 0 Å². The normalized spacial score (nSPS) is 14.9. The van der Waals surface area contributed by atoms with Gasteiger partial charge in [-0.2, -0.15) is 0 Å². The molecule has 1 aromatic carbocycles. The Bertz CT molecular complexity index is 960. The van der Waals surface area contributed by atoms with Gasteiger partial charge < -0.3 is 20.3 Å². The first-order valence-corrected chi connectivity index (χ1v) is 9.80. The molecule has 1 aliphatic rings. The van der Waals surface area contributed by atoms with Gasteiger partial charge in [0, 0.05) is 6.07 Å². The topological polar surface area (TPSA) is 105 Å². The Morgan fingerprint density at radius 3 is 2.52 bits per heavy atom. The summed E-state index contributed by atoms with van der Waals surface area (Å²) >= 11 is 0. The second-order valence-corrected chi connectivity index (χ2v) is 7.21. The highest BCUT2D eigenvalue weighted by atomic mass is 16.5. The summed E-state index contributed by atoms with van der Waals surface area (Å²) in [6.07, 6.45) is 2.01. The van der Waals surface area contributed by atoms with Crippen molar-refractivity contribution in [1.29, 1.82) is 0 Å². The highest BCUT2D eigenvalue weighted by Crippen LogP contribution is 2.30. The fraction of sp³-hybridized carbons (Fsp3) is 0.381. The van der Waals surface area contributed by atoms with Gasteiger partial charge in [0.2, 0.25) is 5.88 Å². The standard InChI is InChI=1S/C21H25N5O3/c1-14-21(26(25-24-14)17-5-7-22-8-6-17)19-3-2-4-20(23-19)29-18-10-15(12-27)9-16(11-18)13-28/h2-4,9-11,17,22,27-28H,5-8,12-13H2,1H3. The fourth-order valence-electron chi connectivity index (χ4n) is 3.68. The van der Waals surface area contributed by atoms with E-state index < -0.39 is 0 Å². The molecule has 0 unspecified atom stereocenters. The number of piperidine rings is 1. The molecule has 0 radical (unpaired) electrons. The predicted molar refractivity (Wildman–Crippen MR) is 107 cm³/mol. The maximum absolute atomic E-state index is 9.43. The molecule has 0 amide bonds. The Hall–Kier alpha value is -2.81. The summed E-state index contributed by atoms with van der Waals surface area (Å²) in [5.41, 5.74) is 3.84. The van der Waals surface area contributed by atoms with Crippen LogP contribution in [0.1, 0.15) is 35.7 Å². The van der Waals surface area contributed by atoms with Crippen molar-refractivity contribution in [2.75, 3.05) is 13.1 Å². The Balaban J connectivity index is 1.64. The molecule has 152 valence electrons. The fourth-order valence-corrected chi connectivity index (χ4v) is 3.68. The number of nitrogens with one attached hydrogen (secondary N) is 1. The molecular formula is C21H25N5O3. The number of benzene rings is 1. The van der Waals surface area contributed by atoms with Gasteiger partial charge in [-0.05, 0) is 62.2 Å². The minimum absolute atomic E-state index is 0.127. The molecule has 4 rings (SSSR count). The first-order valence-electron chi connectivity index (χ1n) is 9.80. The predicted octanol–water partition coefficient (Wildman–Crippen LogP) is 2.35. The third kappa shape index (κ3) is 4.29. The van der Waals surface area contributed by atoms with Gasteiger partial charge in [0.05, 0.1) is 30.6 Å². The molecule has 0 saturated carbocycles. The summed E-state index contributed by atoms with van der Waals surface area (Å²) in [7, 11) is 0. The second-order valence-electron chi connectivity index (χ2n) is 7.21. The maximum Gasteiger partial charge on any atom is 0.219 e. The van der Waals surface area contributed by atoms with Crippen molar-refractivity contribution in [3.8, 4) is 23.0 Å². The van der Waals surface area contributed by atoms with E-state index in [2.05, 4.69) is 20.6 Å². The van der Waals surface area contributed by atoms with E-state index in [9.17, 15) is 10.2 Å². The summed E-state index contributed by atoms with van der Waals surface area (Å²) in [4.78, 5) is 4.67. The molecule has 8 nitrogen and oxygen atoms in total. The van der Waals surface area contributed by atoms with Crippen LogP contribution in [0.5, 0.6) is 11.6 Å². The van der Waals surface area contributed by atoms with Gasteiger partial charge in [0.25, 0.3) is 0 Å². The number of ether oxygens (including phenoxy) is 1. The first-order chi connectivity index (χ1) is 14.2. The summed E-state index contributed by atoms with van der Waals surface area (Å²) in [5.74, 6) is 0.950. The smallest absolute Gasteiger partial charge is 0.219 e. The lowest BCUT2D eigenvalue weighted by Crippen LogP contribution is -2.30. The summed E-state index contributed by atoms with van der Waals surface area (Å²) in [5, 5.41) is 30.9. The van der Waals surface area contributed by atoms with Crippen LogP contribution in [0, 0.1) is 6.92 Å². The van der Waals surface area contributed by atoms with E-state index in [4.69, 9.17) is 4.74 Å². The number of rotatable bonds is 6. The average Bonchev–Trinajstić information content (AvgIpc) is 3.15. The molecule has 0 aliphatic carbocycles. The zero-order valence-corrected chi connectivity index (χ0v) is 16.4. The Labute approximate surface area is 169 Å². The van der Waals surface area contributed by atoms with Crippen molar-refractivity contribution in [3.05, 3.63) is 53.2 Å². The van der Waals surface area contributed by atoms with Crippen molar-refractivity contribution in [1.82, 2.24) is 25.3 Å². The molecule has 29 heavy (non-hydrogen) atoms. The quantitative estimate of drug-likeness (QED) is 0.588. The van der Waals surface area contributed by atoms with Gasteiger partial charge >= 0.3 is 0 Å². The van der Waals surface area contributed by atoms with Crippen molar-refractivity contribution >= 4 is 0 Å². The zero-order chi connectivity index (χ0) is 20.2. The number of aryl methyl sites for hydroxylation is 1. The lowest BCUT2D eigenvalue weighted by Gasteiger charge is -2.24. The van der Waals surface area contributed by atoms with Crippen molar-refractivity contribution in [2.24, 2.45) is 0 Å². The van der Waals surface area contributed by atoms with Crippen LogP contribution in [0.15, 0.2) is 36.4 Å².